The minimum atomic E-state index is -7.53. The number of halogens is 7. The van der Waals surface area contributed by atoms with E-state index in [0.29, 0.717) is 12.8 Å². The van der Waals surface area contributed by atoms with Gasteiger partial charge in [-0.05, 0) is 32.6 Å². The van der Waals surface area contributed by atoms with Crippen molar-refractivity contribution in [2.24, 2.45) is 0 Å². The van der Waals surface area contributed by atoms with Crippen molar-refractivity contribution in [1.29, 1.82) is 0 Å². The maximum absolute atomic E-state index is 14.6. The van der Waals surface area contributed by atoms with Crippen molar-refractivity contribution >= 4 is 29.5 Å². The van der Waals surface area contributed by atoms with Crippen LogP contribution >= 0.6 is 0 Å². The Morgan fingerprint density at radius 2 is 0.879 bits per heavy atom. The molecule has 196 valence electrons. The maximum atomic E-state index is 14.6. The van der Waals surface area contributed by atoms with Crippen LogP contribution in [0.3, 0.4) is 0 Å². The lowest BCUT2D eigenvalue weighted by Crippen LogP contribution is -2.66. The van der Waals surface area contributed by atoms with Crippen LogP contribution in [0.1, 0.15) is 71.1 Å². The third-order valence-electron chi connectivity index (χ3n) is 6.56. The van der Waals surface area contributed by atoms with Crippen LogP contribution in [-0.4, -0.2) is 56.5 Å². The van der Waals surface area contributed by atoms with Gasteiger partial charge in [-0.15, -0.1) is 0 Å². The molecule has 6 nitrogen and oxygen atoms in total. The smallest absolute Gasteiger partial charge is 0.226 e. The van der Waals surface area contributed by atoms with E-state index in [1.54, 1.807) is 0 Å². The average Bonchev–Trinajstić information content (AvgIpc) is 2.72. The van der Waals surface area contributed by atoms with Crippen LogP contribution in [0.4, 0.5) is 30.7 Å². The average molecular weight is 555 g/mol. The first-order valence-electron chi connectivity index (χ1n) is 10.2. The summed E-state index contributed by atoms with van der Waals surface area (Å²) in [6.07, 6.45) is -6.92. The summed E-state index contributed by atoms with van der Waals surface area (Å²) in [5, 5.41) is -10.7. The Morgan fingerprint density at radius 1 is 0.576 bits per heavy atom. The molecule has 0 saturated heterocycles. The second-order valence-corrected chi connectivity index (χ2v) is 16.8. The van der Waals surface area contributed by atoms with Gasteiger partial charge in [0.05, 0.1) is 10.5 Å². The summed E-state index contributed by atoms with van der Waals surface area (Å²) in [7, 11) is -19.0. The highest BCUT2D eigenvalue weighted by molar-refractivity contribution is 8.26. The summed E-state index contributed by atoms with van der Waals surface area (Å²) in [6, 6.07) is 0. The lowest BCUT2D eigenvalue weighted by Gasteiger charge is -2.40. The van der Waals surface area contributed by atoms with E-state index in [-0.39, 0.29) is 58.3 Å². The molecular formula is C17H25F7O6S3. The van der Waals surface area contributed by atoms with E-state index in [2.05, 4.69) is 0 Å². The molecule has 16 heteroatoms. The van der Waals surface area contributed by atoms with Crippen molar-refractivity contribution < 1.29 is 56.0 Å². The number of hydrogen-bond donors (Lipinski definition) is 0. The van der Waals surface area contributed by atoms with E-state index < -0.39 is 60.8 Å². The number of hydrogen-bond acceptors (Lipinski definition) is 6. The van der Waals surface area contributed by atoms with Crippen LogP contribution in [0.5, 0.6) is 0 Å². The van der Waals surface area contributed by atoms with Crippen molar-refractivity contribution in [3.63, 3.8) is 0 Å². The maximum Gasteiger partial charge on any atom is 0.461 e. The van der Waals surface area contributed by atoms with Crippen LogP contribution in [0.25, 0.3) is 0 Å². The van der Waals surface area contributed by atoms with Gasteiger partial charge < -0.3 is 0 Å². The van der Waals surface area contributed by atoms with Crippen LogP contribution < -0.4 is 0 Å². The standard InChI is InChI=1S/C17H25F7O6S3/c1-14(31(25,26)12-8-4-2-5-9-12,32(27,28)13-10-6-3-7-11-13)33(29,30)17(23,24)15(18,19)16(20,21)22/h12-13H,2-11H2,1H3. The predicted octanol–water partition coefficient (Wildman–Crippen LogP) is 4.36. The molecule has 2 rings (SSSR count). The first-order valence-corrected chi connectivity index (χ1v) is 14.8. The molecule has 0 aromatic heterocycles. The van der Waals surface area contributed by atoms with Crippen LogP contribution in [0.15, 0.2) is 0 Å². The molecule has 0 atom stereocenters. The van der Waals surface area contributed by atoms with Gasteiger partial charge in [-0.25, -0.2) is 25.3 Å². The molecular weight excluding hydrogens is 529 g/mol. The van der Waals surface area contributed by atoms with E-state index >= 15 is 0 Å². The second-order valence-electron chi connectivity index (χ2n) is 8.56. The zero-order valence-electron chi connectivity index (χ0n) is 17.5. The largest absolute Gasteiger partial charge is 0.461 e. The molecule has 2 aliphatic rings. The Morgan fingerprint density at radius 3 is 1.15 bits per heavy atom. The van der Waals surface area contributed by atoms with E-state index in [0.717, 1.165) is 0 Å². The van der Waals surface area contributed by atoms with Crippen molar-refractivity contribution in [2.45, 2.75) is 102 Å². The molecule has 0 amide bonds. The molecule has 0 heterocycles. The molecule has 2 aliphatic carbocycles. The minimum Gasteiger partial charge on any atom is -0.226 e. The molecule has 0 radical (unpaired) electrons. The Hall–Kier alpha value is -0.640. The van der Waals surface area contributed by atoms with Crippen molar-refractivity contribution in [3.8, 4) is 0 Å². The predicted molar refractivity (Wildman–Crippen MR) is 105 cm³/mol. The SMILES string of the molecule is CC(S(=O)(=O)C1CCCCC1)(S(=O)(=O)C1CCCCC1)S(=O)(=O)C(F)(F)C(F)(F)C(F)(F)F. The second kappa shape index (κ2) is 8.79. The van der Waals surface area contributed by atoms with E-state index in [1.165, 1.54) is 0 Å². The Bertz CT molecular complexity index is 989. The molecule has 0 unspecified atom stereocenters. The van der Waals surface area contributed by atoms with Gasteiger partial charge in [0.2, 0.25) is 0 Å². The molecule has 2 saturated carbocycles. The van der Waals surface area contributed by atoms with Crippen molar-refractivity contribution in [3.05, 3.63) is 0 Å². The first-order chi connectivity index (χ1) is 14.7. The molecule has 0 aliphatic heterocycles. The summed E-state index contributed by atoms with van der Waals surface area (Å²) >= 11 is 0. The topological polar surface area (TPSA) is 102 Å². The van der Waals surface area contributed by atoms with E-state index in [4.69, 9.17) is 0 Å². The van der Waals surface area contributed by atoms with E-state index in [1.807, 2.05) is 0 Å². The number of alkyl halides is 7. The van der Waals surface area contributed by atoms with Crippen LogP contribution in [0.2, 0.25) is 0 Å². The Kier molecular flexibility index (Phi) is 7.61. The summed E-state index contributed by atoms with van der Waals surface area (Å²) < 4.78 is 169. The minimum absolute atomic E-state index is 0.151. The Labute approximate surface area is 188 Å². The van der Waals surface area contributed by atoms with E-state index in [9.17, 15) is 56.0 Å². The van der Waals surface area contributed by atoms with Gasteiger partial charge in [0, 0.05) is 0 Å². The molecule has 33 heavy (non-hydrogen) atoms. The molecule has 2 fully saturated rings. The quantitative estimate of drug-likeness (QED) is 0.434. The van der Waals surface area contributed by atoms with Gasteiger partial charge >= 0.3 is 17.4 Å². The number of rotatable bonds is 7. The van der Waals surface area contributed by atoms with Crippen LogP contribution in [0, 0.1) is 0 Å². The van der Waals surface area contributed by atoms with Gasteiger partial charge in [0.1, 0.15) is 0 Å². The normalized spacial score (nSPS) is 21.8. The van der Waals surface area contributed by atoms with Crippen molar-refractivity contribution in [2.75, 3.05) is 0 Å². The zero-order chi connectivity index (χ0) is 25.7. The zero-order valence-corrected chi connectivity index (χ0v) is 20.0. The Balaban J connectivity index is 2.87. The van der Waals surface area contributed by atoms with Gasteiger partial charge in [0.15, 0.2) is 19.7 Å². The summed E-state index contributed by atoms with van der Waals surface area (Å²) in [6.45, 7) is -0.170. The highest BCUT2D eigenvalue weighted by Crippen LogP contribution is 2.55. The van der Waals surface area contributed by atoms with Gasteiger partial charge in [0.25, 0.3) is 13.2 Å². The summed E-state index contributed by atoms with van der Waals surface area (Å²) in [5.41, 5.74) is 0. The van der Waals surface area contributed by atoms with Crippen LogP contribution in [-0.2, 0) is 29.5 Å². The third kappa shape index (κ3) is 4.08. The molecule has 0 bridgehead atoms. The lowest BCUT2D eigenvalue weighted by molar-refractivity contribution is -0.332. The summed E-state index contributed by atoms with van der Waals surface area (Å²) in [5.74, 6) is -7.25. The third-order valence-corrected chi connectivity index (χ3v) is 17.3. The monoisotopic (exact) mass is 554 g/mol. The van der Waals surface area contributed by atoms with Crippen molar-refractivity contribution in [1.82, 2.24) is 0 Å². The molecule has 0 aromatic carbocycles. The fourth-order valence-corrected chi connectivity index (χ4v) is 14.4. The lowest BCUT2D eigenvalue weighted by atomic mass is 10.0. The number of sulfone groups is 3. The fourth-order valence-electron chi connectivity index (χ4n) is 4.39. The molecule has 0 aromatic rings. The fraction of sp³-hybridized carbons (Fsp3) is 1.00. The summed E-state index contributed by atoms with van der Waals surface area (Å²) in [4.78, 5) is 0. The molecule has 0 spiro atoms. The molecule has 0 N–H and O–H groups in total. The highest BCUT2D eigenvalue weighted by atomic mass is 32.3. The first kappa shape index (κ1) is 28.6. The van der Waals surface area contributed by atoms with Gasteiger partial charge in [-0.3, -0.25) is 0 Å². The highest BCUT2D eigenvalue weighted by Gasteiger charge is 2.84. The van der Waals surface area contributed by atoms with Gasteiger partial charge in [-0.2, -0.15) is 30.7 Å². The van der Waals surface area contributed by atoms with Gasteiger partial charge in [-0.1, -0.05) is 38.5 Å².